The lowest BCUT2D eigenvalue weighted by molar-refractivity contribution is -0.148. The fourth-order valence-corrected chi connectivity index (χ4v) is 6.70. The minimum atomic E-state index is -0.204. The largest absolute Gasteiger partial charge is 0.385 e. The van der Waals surface area contributed by atoms with Gasteiger partial charge >= 0.3 is 0 Å². The highest BCUT2D eigenvalue weighted by molar-refractivity contribution is 5.88. The topological polar surface area (TPSA) is 91.0 Å². The maximum Gasteiger partial charge on any atom is 0.242 e. The zero-order valence-electron chi connectivity index (χ0n) is 18.9. The molecule has 5 rings (SSSR count). The number of ether oxygens (including phenoxy) is 1. The van der Waals surface area contributed by atoms with Crippen molar-refractivity contribution in [3.63, 3.8) is 0 Å². The standard InChI is InChI=1S/C23H38N4O4/c1-31-8-2-3-24-20(28)16-26-4-6-27(7-5-26)21(29)15-25-22(30)23-12-17-9-18(13-23)11-19(10-17)14-23/h17-19H,2-16H2,1H3,(H,24,28)(H,25,30). The van der Waals surface area contributed by atoms with E-state index in [-0.39, 0.29) is 29.7 Å². The van der Waals surface area contributed by atoms with Crippen LogP contribution in [0.25, 0.3) is 0 Å². The number of carbonyl (C=O) groups is 3. The summed E-state index contributed by atoms with van der Waals surface area (Å²) in [5.74, 6) is 2.28. The van der Waals surface area contributed by atoms with Gasteiger partial charge in [-0.15, -0.1) is 0 Å². The number of nitrogens with zero attached hydrogens (tertiary/aromatic N) is 2. The van der Waals surface area contributed by atoms with Crippen molar-refractivity contribution in [3.8, 4) is 0 Å². The van der Waals surface area contributed by atoms with Gasteiger partial charge in [-0.3, -0.25) is 19.3 Å². The first-order valence-corrected chi connectivity index (χ1v) is 12.0. The normalized spacial score (nSPS) is 32.2. The molecule has 1 saturated heterocycles. The van der Waals surface area contributed by atoms with Crippen LogP contribution >= 0.6 is 0 Å². The van der Waals surface area contributed by atoms with Gasteiger partial charge in [-0.2, -0.15) is 0 Å². The molecule has 2 N–H and O–H groups in total. The van der Waals surface area contributed by atoms with Crippen LogP contribution in [0.5, 0.6) is 0 Å². The summed E-state index contributed by atoms with van der Waals surface area (Å²) in [5, 5.41) is 5.89. The van der Waals surface area contributed by atoms with Crippen LogP contribution in [-0.2, 0) is 19.1 Å². The van der Waals surface area contributed by atoms with E-state index in [1.165, 1.54) is 19.3 Å². The van der Waals surface area contributed by atoms with Gasteiger partial charge in [0.2, 0.25) is 17.7 Å². The lowest BCUT2D eigenvalue weighted by Gasteiger charge is -2.55. The number of methoxy groups -OCH3 is 1. The van der Waals surface area contributed by atoms with Crippen molar-refractivity contribution in [2.45, 2.75) is 44.9 Å². The summed E-state index contributed by atoms with van der Waals surface area (Å²) in [5.41, 5.74) is -0.204. The molecule has 4 saturated carbocycles. The van der Waals surface area contributed by atoms with Crippen LogP contribution in [0.2, 0.25) is 0 Å². The molecule has 0 atom stereocenters. The highest BCUT2D eigenvalue weighted by Crippen LogP contribution is 2.60. The molecule has 31 heavy (non-hydrogen) atoms. The fraction of sp³-hybridized carbons (Fsp3) is 0.870. The van der Waals surface area contributed by atoms with E-state index in [4.69, 9.17) is 4.74 Å². The molecule has 0 aromatic rings. The lowest BCUT2D eigenvalue weighted by Crippen LogP contribution is -2.56. The molecule has 4 aliphatic carbocycles. The molecule has 0 radical (unpaired) electrons. The predicted molar refractivity (Wildman–Crippen MR) is 116 cm³/mol. The number of hydrogen-bond donors (Lipinski definition) is 2. The monoisotopic (exact) mass is 434 g/mol. The predicted octanol–water partition coefficient (Wildman–Crippen LogP) is 0.616. The Hall–Kier alpha value is -1.67. The molecule has 5 aliphatic rings. The Morgan fingerprint density at radius 2 is 1.55 bits per heavy atom. The Morgan fingerprint density at radius 1 is 0.935 bits per heavy atom. The van der Waals surface area contributed by atoms with Crippen LogP contribution in [-0.4, -0.2) is 87.1 Å². The fourth-order valence-electron chi connectivity index (χ4n) is 6.70. The molecule has 0 unspecified atom stereocenters. The quantitative estimate of drug-likeness (QED) is 0.519. The third-order valence-corrected chi connectivity index (χ3v) is 7.86. The van der Waals surface area contributed by atoms with E-state index < -0.39 is 0 Å². The summed E-state index contributed by atoms with van der Waals surface area (Å²) in [6, 6.07) is 0. The second-order valence-corrected chi connectivity index (χ2v) is 10.2. The Kier molecular flexibility index (Phi) is 7.16. The van der Waals surface area contributed by atoms with Gasteiger partial charge in [-0.25, -0.2) is 0 Å². The van der Waals surface area contributed by atoms with Gasteiger partial charge in [0.25, 0.3) is 0 Å². The Balaban J connectivity index is 1.15. The third kappa shape index (κ3) is 5.40. The smallest absolute Gasteiger partial charge is 0.242 e. The van der Waals surface area contributed by atoms with Gasteiger partial charge in [-0.1, -0.05) is 0 Å². The van der Waals surface area contributed by atoms with Crippen molar-refractivity contribution in [1.82, 2.24) is 20.4 Å². The first-order chi connectivity index (χ1) is 15.0. The summed E-state index contributed by atoms with van der Waals surface area (Å²) >= 11 is 0. The Bertz CT molecular complexity index is 639. The zero-order valence-corrected chi connectivity index (χ0v) is 18.9. The highest BCUT2D eigenvalue weighted by Gasteiger charge is 2.54. The highest BCUT2D eigenvalue weighted by atomic mass is 16.5. The summed E-state index contributed by atoms with van der Waals surface area (Å²) in [6.07, 6.45) is 7.78. The molecule has 8 heteroatoms. The molecule has 0 aromatic carbocycles. The van der Waals surface area contributed by atoms with Crippen LogP contribution in [0.3, 0.4) is 0 Å². The number of rotatable bonds is 9. The molecule has 8 nitrogen and oxygen atoms in total. The van der Waals surface area contributed by atoms with E-state index in [0.29, 0.717) is 45.9 Å². The summed E-state index contributed by atoms with van der Waals surface area (Å²) in [6.45, 7) is 4.28. The maximum absolute atomic E-state index is 13.0. The summed E-state index contributed by atoms with van der Waals surface area (Å²) in [4.78, 5) is 41.6. The molecular formula is C23H38N4O4. The van der Waals surface area contributed by atoms with E-state index in [1.807, 2.05) is 4.90 Å². The second-order valence-electron chi connectivity index (χ2n) is 10.2. The first kappa shape index (κ1) is 22.5. The van der Waals surface area contributed by atoms with Gasteiger partial charge in [0.05, 0.1) is 13.1 Å². The first-order valence-electron chi connectivity index (χ1n) is 12.0. The molecule has 174 valence electrons. The minimum absolute atomic E-state index is 0.0123. The van der Waals surface area contributed by atoms with Gasteiger partial charge < -0.3 is 20.3 Å². The second kappa shape index (κ2) is 9.86. The third-order valence-electron chi connectivity index (χ3n) is 7.86. The van der Waals surface area contributed by atoms with E-state index in [0.717, 1.165) is 43.4 Å². The molecule has 0 spiro atoms. The molecule has 1 heterocycles. The SMILES string of the molecule is COCCCNC(=O)CN1CCN(C(=O)CNC(=O)C23CC4CC(CC(C4)C2)C3)CC1. The van der Waals surface area contributed by atoms with Crippen LogP contribution in [0.1, 0.15) is 44.9 Å². The van der Waals surface area contributed by atoms with Gasteiger partial charge in [0, 0.05) is 51.9 Å². The molecule has 1 aliphatic heterocycles. The number of hydrogen-bond acceptors (Lipinski definition) is 5. The number of carbonyl (C=O) groups excluding carboxylic acids is 3. The zero-order chi connectivity index (χ0) is 21.8. The van der Waals surface area contributed by atoms with Crippen molar-refractivity contribution >= 4 is 17.7 Å². The Morgan fingerprint density at radius 3 is 2.13 bits per heavy atom. The van der Waals surface area contributed by atoms with Crippen LogP contribution in [0, 0.1) is 23.2 Å². The van der Waals surface area contributed by atoms with E-state index in [9.17, 15) is 14.4 Å². The number of piperazine rings is 1. The molecule has 4 bridgehead atoms. The van der Waals surface area contributed by atoms with Crippen LogP contribution < -0.4 is 10.6 Å². The summed E-state index contributed by atoms with van der Waals surface area (Å²) in [7, 11) is 1.65. The van der Waals surface area contributed by atoms with Gasteiger partial charge in [-0.05, 0) is 62.7 Å². The van der Waals surface area contributed by atoms with Crippen molar-refractivity contribution in [2.24, 2.45) is 23.2 Å². The number of nitrogens with one attached hydrogen (secondary N) is 2. The van der Waals surface area contributed by atoms with Crippen LogP contribution in [0.15, 0.2) is 0 Å². The molecule has 0 aromatic heterocycles. The average molecular weight is 435 g/mol. The lowest BCUT2D eigenvalue weighted by atomic mass is 9.49. The van der Waals surface area contributed by atoms with E-state index in [1.54, 1.807) is 7.11 Å². The average Bonchev–Trinajstić information content (AvgIpc) is 2.74. The van der Waals surface area contributed by atoms with Gasteiger partial charge in [0.1, 0.15) is 0 Å². The molecular weight excluding hydrogens is 396 g/mol. The molecule has 3 amide bonds. The molecule has 5 fully saturated rings. The van der Waals surface area contributed by atoms with E-state index >= 15 is 0 Å². The number of amides is 3. The maximum atomic E-state index is 13.0. The van der Waals surface area contributed by atoms with Crippen molar-refractivity contribution in [3.05, 3.63) is 0 Å². The van der Waals surface area contributed by atoms with Crippen molar-refractivity contribution in [2.75, 3.05) is 59.5 Å². The van der Waals surface area contributed by atoms with Crippen LogP contribution in [0.4, 0.5) is 0 Å². The Labute approximate surface area is 185 Å². The van der Waals surface area contributed by atoms with E-state index in [2.05, 4.69) is 15.5 Å². The van der Waals surface area contributed by atoms with Gasteiger partial charge in [0.15, 0.2) is 0 Å². The van der Waals surface area contributed by atoms with Crippen molar-refractivity contribution < 1.29 is 19.1 Å². The summed E-state index contributed by atoms with van der Waals surface area (Å²) < 4.78 is 4.98. The minimum Gasteiger partial charge on any atom is -0.385 e. The van der Waals surface area contributed by atoms with Crippen molar-refractivity contribution in [1.29, 1.82) is 0 Å².